The van der Waals surface area contributed by atoms with Gasteiger partial charge in [-0.1, -0.05) is 40.9 Å². The van der Waals surface area contributed by atoms with Crippen molar-refractivity contribution in [2.75, 3.05) is 0 Å². The Morgan fingerprint density at radius 1 is 1.12 bits per heavy atom. The van der Waals surface area contributed by atoms with Crippen LogP contribution in [-0.2, 0) is 0 Å². The van der Waals surface area contributed by atoms with Gasteiger partial charge < -0.3 is 10.1 Å². The molecule has 2 aromatic rings. The molecule has 0 radical (unpaired) electrons. The zero-order chi connectivity index (χ0) is 12.6. The monoisotopic (exact) mass is 289 g/mol. The molecule has 0 fully saturated rings. The third kappa shape index (κ3) is 2.41. The fourth-order valence-corrected chi connectivity index (χ4v) is 2.26. The Hall–Kier alpha value is -1.16. The van der Waals surface area contributed by atoms with Crippen LogP contribution in [0.5, 0.6) is 5.75 Å². The van der Waals surface area contributed by atoms with Crippen LogP contribution in [0.2, 0.25) is 15.2 Å². The van der Waals surface area contributed by atoms with Gasteiger partial charge in [0.2, 0.25) is 0 Å². The van der Waals surface area contributed by atoms with E-state index in [4.69, 9.17) is 34.8 Å². The van der Waals surface area contributed by atoms with Crippen LogP contribution in [0, 0.1) is 0 Å². The SMILES string of the molecule is O=c1cc(O)c(-c2ccc(Cl)cc2Cl)c(Cl)[nH]1. The summed E-state index contributed by atoms with van der Waals surface area (Å²) in [5.74, 6) is -0.233. The van der Waals surface area contributed by atoms with E-state index in [1.807, 2.05) is 0 Å². The largest absolute Gasteiger partial charge is 0.507 e. The van der Waals surface area contributed by atoms with Gasteiger partial charge in [-0.15, -0.1) is 0 Å². The lowest BCUT2D eigenvalue weighted by Crippen LogP contribution is -2.04. The van der Waals surface area contributed by atoms with E-state index in [0.717, 1.165) is 6.07 Å². The summed E-state index contributed by atoms with van der Waals surface area (Å²) in [6.07, 6.45) is 0. The summed E-state index contributed by atoms with van der Waals surface area (Å²) in [5, 5.41) is 10.6. The minimum atomic E-state index is -0.485. The van der Waals surface area contributed by atoms with Gasteiger partial charge in [0.25, 0.3) is 5.56 Å². The van der Waals surface area contributed by atoms with E-state index in [2.05, 4.69) is 4.98 Å². The molecule has 0 aliphatic carbocycles. The van der Waals surface area contributed by atoms with Crippen molar-refractivity contribution in [3.8, 4) is 16.9 Å². The molecule has 0 spiro atoms. The van der Waals surface area contributed by atoms with Crippen LogP contribution >= 0.6 is 34.8 Å². The van der Waals surface area contributed by atoms with E-state index >= 15 is 0 Å². The third-order valence-corrected chi connectivity index (χ3v) is 3.01. The van der Waals surface area contributed by atoms with Crippen LogP contribution in [0.15, 0.2) is 29.1 Å². The molecule has 0 aliphatic heterocycles. The minimum absolute atomic E-state index is 0.0271. The molecule has 0 aliphatic rings. The van der Waals surface area contributed by atoms with Crippen LogP contribution in [0.4, 0.5) is 0 Å². The number of H-pyrrole nitrogens is 1. The van der Waals surface area contributed by atoms with Gasteiger partial charge in [-0.25, -0.2) is 0 Å². The Morgan fingerprint density at radius 3 is 2.41 bits per heavy atom. The molecule has 0 saturated heterocycles. The Kier molecular flexibility index (Phi) is 3.33. The number of hydrogen-bond donors (Lipinski definition) is 2. The van der Waals surface area contributed by atoms with Crippen LogP contribution in [-0.4, -0.2) is 10.1 Å². The molecule has 88 valence electrons. The van der Waals surface area contributed by atoms with E-state index < -0.39 is 5.56 Å². The number of benzene rings is 1. The molecule has 17 heavy (non-hydrogen) atoms. The molecule has 0 unspecified atom stereocenters. The van der Waals surface area contributed by atoms with Crippen LogP contribution in [0.1, 0.15) is 0 Å². The summed E-state index contributed by atoms with van der Waals surface area (Å²) in [6.45, 7) is 0. The number of pyridine rings is 1. The van der Waals surface area contributed by atoms with Crippen molar-refractivity contribution in [3.63, 3.8) is 0 Å². The number of aromatic amines is 1. The summed E-state index contributed by atoms with van der Waals surface area (Å²) >= 11 is 17.6. The van der Waals surface area contributed by atoms with Crippen molar-refractivity contribution >= 4 is 34.8 Å². The van der Waals surface area contributed by atoms with Crippen molar-refractivity contribution in [2.24, 2.45) is 0 Å². The summed E-state index contributed by atoms with van der Waals surface area (Å²) < 4.78 is 0. The summed E-state index contributed by atoms with van der Waals surface area (Å²) in [7, 11) is 0. The Labute approximate surface area is 112 Å². The summed E-state index contributed by atoms with van der Waals surface area (Å²) in [6, 6.07) is 5.79. The third-order valence-electron chi connectivity index (χ3n) is 2.18. The van der Waals surface area contributed by atoms with Gasteiger partial charge in [-0.2, -0.15) is 0 Å². The highest BCUT2D eigenvalue weighted by atomic mass is 35.5. The maximum Gasteiger partial charge on any atom is 0.252 e. The fraction of sp³-hybridized carbons (Fsp3) is 0. The number of aromatic nitrogens is 1. The molecule has 1 aromatic carbocycles. The van der Waals surface area contributed by atoms with Crippen LogP contribution < -0.4 is 5.56 Å². The van der Waals surface area contributed by atoms with Crippen molar-refractivity contribution in [1.29, 1.82) is 0 Å². The lowest BCUT2D eigenvalue weighted by Gasteiger charge is -2.08. The lowest BCUT2D eigenvalue weighted by molar-refractivity contribution is 0.476. The standard InChI is InChI=1S/C11H6Cl3NO2/c12-5-1-2-6(7(13)3-5)10-8(16)4-9(17)15-11(10)14/h1-4H,(H2,15,16,17). The molecule has 0 atom stereocenters. The highest BCUT2D eigenvalue weighted by Gasteiger charge is 2.14. The molecule has 0 bridgehead atoms. The van der Waals surface area contributed by atoms with Crippen LogP contribution in [0.3, 0.4) is 0 Å². The Morgan fingerprint density at radius 2 is 1.82 bits per heavy atom. The first-order valence-electron chi connectivity index (χ1n) is 4.56. The molecule has 1 heterocycles. The summed E-state index contributed by atoms with van der Waals surface area (Å²) in [4.78, 5) is 13.5. The van der Waals surface area contributed by atoms with E-state index in [0.29, 0.717) is 15.6 Å². The number of halogens is 3. The molecular formula is C11H6Cl3NO2. The predicted molar refractivity (Wildman–Crippen MR) is 69.2 cm³/mol. The zero-order valence-electron chi connectivity index (χ0n) is 8.30. The van der Waals surface area contributed by atoms with E-state index in [1.165, 1.54) is 6.07 Å². The van der Waals surface area contributed by atoms with Crippen molar-refractivity contribution in [3.05, 3.63) is 49.8 Å². The molecule has 6 heteroatoms. The number of hydrogen-bond acceptors (Lipinski definition) is 2. The molecule has 1 aromatic heterocycles. The number of aromatic hydroxyl groups is 1. The zero-order valence-corrected chi connectivity index (χ0v) is 10.6. The number of nitrogens with one attached hydrogen (secondary N) is 1. The topological polar surface area (TPSA) is 53.1 Å². The first-order valence-corrected chi connectivity index (χ1v) is 5.69. The van der Waals surface area contributed by atoms with Crippen molar-refractivity contribution in [1.82, 2.24) is 4.98 Å². The second-order valence-corrected chi connectivity index (χ2v) is 4.55. The Bertz CT molecular complexity index is 611. The lowest BCUT2D eigenvalue weighted by atomic mass is 10.1. The number of rotatable bonds is 1. The maximum atomic E-state index is 11.1. The van der Waals surface area contributed by atoms with E-state index in [9.17, 15) is 9.90 Å². The fourth-order valence-electron chi connectivity index (χ4n) is 1.46. The Balaban J connectivity index is 2.73. The highest BCUT2D eigenvalue weighted by Crippen LogP contribution is 2.38. The second kappa shape index (κ2) is 4.61. The van der Waals surface area contributed by atoms with Gasteiger partial charge in [0.15, 0.2) is 0 Å². The van der Waals surface area contributed by atoms with Gasteiger partial charge in [0.05, 0.1) is 10.6 Å². The van der Waals surface area contributed by atoms with Gasteiger partial charge in [-0.3, -0.25) is 4.79 Å². The average Bonchev–Trinajstić information content (AvgIpc) is 2.19. The van der Waals surface area contributed by atoms with Crippen molar-refractivity contribution < 1.29 is 5.11 Å². The van der Waals surface area contributed by atoms with Gasteiger partial charge in [0, 0.05) is 16.7 Å². The van der Waals surface area contributed by atoms with Crippen molar-refractivity contribution in [2.45, 2.75) is 0 Å². The second-order valence-electron chi connectivity index (χ2n) is 3.33. The summed E-state index contributed by atoms with van der Waals surface area (Å²) in [5.41, 5.74) is 0.282. The molecule has 0 amide bonds. The first kappa shape index (κ1) is 12.3. The first-order chi connectivity index (χ1) is 7.99. The molecule has 3 nitrogen and oxygen atoms in total. The quantitative estimate of drug-likeness (QED) is 0.787. The van der Waals surface area contributed by atoms with Crippen LogP contribution in [0.25, 0.3) is 11.1 Å². The van der Waals surface area contributed by atoms with Gasteiger partial charge >= 0.3 is 0 Å². The molecule has 2 rings (SSSR count). The average molecular weight is 291 g/mol. The molecule has 2 N–H and O–H groups in total. The predicted octanol–water partition coefficient (Wildman–Crippen LogP) is 3.71. The minimum Gasteiger partial charge on any atom is -0.507 e. The maximum absolute atomic E-state index is 11.1. The smallest absolute Gasteiger partial charge is 0.252 e. The molecule has 0 saturated carbocycles. The normalized spacial score (nSPS) is 10.5. The van der Waals surface area contributed by atoms with E-state index in [1.54, 1.807) is 12.1 Å². The van der Waals surface area contributed by atoms with Gasteiger partial charge in [-0.05, 0) is 12.1 Å². The van der Waals surface area contributed by atoms with Gasteiger partial charge in [0.1, 0.15) is 10.9 Å². The van der Waals surface area contributed by atoms with E-state index in [-0.39, 0.29) is 16.5 Å². The highest BCUT2D eigenvalue weighted by molar-refractivity contribution is 6.38. The molecular weight excluding hydrogens is 284 g/mol.